The first-order chi connectivity index (χ1) is 14.4. The quantitative estimate of drug-likeness (QED) is 0.686. The molecule has 1 aliphatic rings. The Morgan fingerprint density at radius 1 is 1.03 bits per heavy atom. The van der Waals surface area contributed by atoms with Crippen molar-refractivity contribution in [3.8, 4) is 0 Å². The Hall–Kier alpha value is -2.92. The zero-order valence-corrected chi connectivity index (χ0v) is 18.1. The van der Waals surface area contributed by atoms with Crippen molar-refractivity contribution in [1.82, 2.24) is 4.90 Å². The Labute approximate surface area is 176 Å². The minimum absolute atomic E-state index is 0.112. The molecular formula is C25H29N2O3+. The van der Waals surface area contributed by atoms with Crippen LogP contribution >= 0.6 is 0 Å². The number of benzene rings is 2. The van der Waals surface area contributed by atoms with E-state index in [4.69, 9.17) is 4.42 Å². The number of hydrogen-bond donors (Lipinski definition) is 1. The standard InChI is InChI=1S/C25H28N2O3/c1-16(2)17-10-12-18(13-11-17)22-21-23(28)19-8-5-6-9-20(19)30-24(21)25(29)27(22)15-7-14-26(3)4/h5-6,8-13,16,22H,7,14-15H2,1-4H3/p+1/t22-/m1/s1. The molecule has 1 aromatic heterocycles. The van der Waals surface area contributed by atoms with E-state index in [9.17, 15) is 9.59 Å². The van der Waals surface area contributed by atoms with Crippen molar-refractivity contribution < 1.29 is 14.1 Å². The van der Waals surface area contributed by atoms with Crippen LogP contribution in [0.25, 0.3) is 11.0 Å². The van der Waals surface area contributed by atoms with E-state index in [-0.39, 0.29) is 17.1 Å². The third-order valence-electron chi connectivity index (χ3n) is 5.87. The fourth-order valence-corrected chi connectivity index (χ4v) is 4.21. The topological polar surface area (TPSA) is 55.0 Å². The van der Waals surface area contributed by atoms with Gasteiger partial charge in [-0.15, -0.1) is 0 Å². The van der Waals surface area contributed by atoms with Crippen LogP contribution in [0.2, 0.25) is 0 Å². The predicted octanol–water partition coefficient (Wildman–Crippen LogP) is 3.00. The van der Waals surface area contributed by atoms with Crippen molar-refractivity contribution in [2.75, 3.05) is 27.2 Å². The van der Waals surface area contributed by atoms with Gasteiger partial charge in [0.1, 0.15) is 5.58 Å². The van der Waals surface area contributed by atoms with E-state index < -0.39 is 6.04 Å². The number of nitrogens with zero attached hydrogens (tertiary/aromatic N) is 1. The predicted molar refractivity (Wildman–Crippen MR) is 118 cm³/mol. The summed E-state index contributed by atoms with van der Waals surface area (Å²) >= 11 is 0. The Morgan fingerprint density at radius 2 is 1.73 bits per heavy atom. The molecule has 1 amide bonds. The zero-order valence-electron chi connectivity index (χ0n) is 18.1. The second-order valence-corrected chi connectivity index (χ2v) is 8.70. The maximum Gasteiger partial charge on any atom is 0.290 e. The first kappa shape index (κ1) is 20.4. The van der Waals surface area contributed by atoms with Gasteiger partial charge in [0, 0.05) is 13.0 Å². The van der Waals surface area contributed by atoms with E-state index in [0.717, 1.165) is 18.5 Å². The van der Waals surface area contributed by atoms with E-state index >= 15 is 0 Å². The van der Waals surface area contributed by atoms with Gasteiger partial charge < -0.3 is 14.2 Å². The molecule has 0 unspecified atom stereocenters. The molecule has 2 aromatic carbocycles. The first-order valence-corrected chi connectivity index (χ1v) is 10.6. The number of quaternary nitrogens is 1. The lowest BCUT2D eigenvalue weighted by atomic mass is 9.95. The van der Waals surface area contributed by atoms with E-state index in [0.29, 0.717) is 29.0 Å². The van der Waals surface area contributed by atoms with Gasteiger partial charge in [-0.3, -0.25) is 9.59 Å². The summed E-state index contributed by atoms with van der Waals surface area (Å²) in [6.07, 6.45) is 0.857. The van der Waals surface area contributed by atoms with Gasteiger partial charge in [0.05, 0.1) is 37.6 Å². The molecule has 3 aromatic rings. The second kappa shape index (κ2) is 8.07. The van der Waals surface area contributed by atoms with Crippen LogP contribution in [0.4, 0.5) is 0 Å². The molecule has 5 heteroatoms. The first-order valence-electron chi connectivity index (χ1n) is 10.6. The highest BCUT2D eigenvalue weighted by molar-refractivity contribution is 5.99. The van der Waals surface area contributed by atoms with Gasteiger partial charge in [-0.25, -0.2) is 0 Å². The smallest absolute Gasteiger partial charge is 0.290 e. The van der Waals surface area contributed by atoms with Crippen molar-refractivity contribution in [2.45, 2.75) is 32.2 Å². The molecule has 4 rings (SSSR count). The highest BCUT2D eigenvalue weighted by Crippen LogP contribution is 2.38. The zero-order chi connectivity index (χ0) is 21.4. The highest BCUT2D eigenvalue weighted by atomic mass is 16.3. The van der Waals surface area contributed by atoms with Crippen LogP contribution in [-0.4, -0.2) is 38.0 Å². The van der Waals surface area contributed by atoms with Gasteiger partial charge in [-0.05, 0) is 29.2 Å². The molecule has 2 heterocycles. The third kappa shape index (κ3) is 3.54. The SMILES string of the molecule is CC(C)c1ccc([C@@H]2c3c(oc4ccccc4c3=O)C(=O)N2CCC[NH+](C)C)cc1. The molecule has 156 valence electrons. The summed E-state index contributed by atoms with van der Waals surface area (Å²) < 4.78 is 5.97. The van der Waals surface area contributed by atoms with E-state index in [2.05, 4.69) is 40.1 Å². The van der Waals surface area contributed by atoms with Gasteiger partial charge in [0.2, 0.25) is 5.76 Å². The minimum atomic E-state index is -0.410. The lowest BCUT2D eigenvalue weighted by Crippen LogP contribution is -3.05. The molecule has 0 aliphatic carbocycles. The molecule has 0 fully saturated rings. The fourth-order valence-electron chi connectivity index (χ4n) is 4.21. The number of fused-ring (bicyclic) bond motifs is 2. The number of nitrogens with one attached hydrogen (secondary N) is 1. The van der Waals surface area contributed by atoms with E-state index in [1.54, 1.807) is 12.1 Å². The Bertz CT molecular complexity index is 1130. The number of carbonyl (C=O) groups excluding carboxylic acids is 1. The molecule has 0 saturated heterocycles. The molecule has 0 radical (unpaired) electrons. The number of rotatable bonds is 6. The number of para-hydroxylation sites is 1. The molecule has 0 spiro atoms. The number of amides is 1. The van der Waals surface area contributed by atoms with Gasteiger partial charge >= 0.3 is 0 Å². The van der Waals surface area contributed by atoms with E-state index in [1.807, 2.05) is 29.2 Å². The van der Waals surface area contributed by atoms with Crippen molar-refractivity contribution in [3.05, 3.63) is 81.2 Å². The molecule has 1 N–H and O–H groups in total. The molecule has 1 atom stereocenters. The summed E-state index contributed by atoms with van der Waals surface area (Å²) in [7, 11) is 4.20. The molecule has 30 heavy (non-hydrogen) atoms. The lowest BCUT2D eigenvalue weighted by Gasteiger charge is -2.25. The van der Waals surface area contributed by atoms with Crippen LogP contribution in [0.15, 0.2) is 57.7 Å². The largest absolute Gasteiger partial charge is 0.450 e. The molecule has 5 nitrogen and oxygen atoms in total. The summed E-state index contributed by atoms with van der Waals surface area (Å²) in [5, 5.41) is 0.521. The van der Waals surface area contributed by atoms with Crippen LogP contribution in [0.1, 0.15) is 59.5 Å². The average molecular weight is 406 g/mol. The van der Waals surface area contributed by atoms with Gasteiger partial charge in [-0.1, -0.05) is 50.2 Å². The summed E-state index contributed by atoms with van der Waals surface area (Å²) in [6.45, 7) is 5.84. The highest BCUT2D eigenvalue weighted by Gasteiger charge is 2.42. The van der Waals surface area contributed by atoms with Gasteiger partial charge in [0.15, 0.2) is 5.43 Å². The summed E-state index contributed by atoms with van der Waals surface area (Å²) in [4.78, 5) is 29.9. The monoisotopic (exact) mass is 405 g/mol. The second-order valence-electron chi connectivity index (χ2n) is 8.70. The van der Waals surface area contributed by atoms with Crippen LogP contribution in [0, 0.1) is 0 Å². The van der Waals surface area contributed by atoms with Crippen LogP contribution < -0.4 is 10.3 Å². The molecule has 0 bridgehead atoms. The van der Waals surface area contributed by atoms with Crippen LogP contribution in [0.5, 0.6) is 0 Å². The van der Waals surface area contributed by atoms with Gasteiger partial charge in [-0.2, -0.15) is 0 Å². The summed E-state index contributed by atoms with van der Waals surface area (Å²) in [5.41, 5.74) is 3.00. The van der Waals surface area contributed by atoms with Crippen molar-refractivity contribution >= 4 is 16.9 Å². The molecular weight excluding hydrogens is 376 g/mol. The minimum Gasteiger partial charge on any atom is -0.450 e. The maximum atomic E-state index is 13.4. The summed E-state index contributed by atoms with van der Waals surface area (Å²) in [5.74, 6) is 0.415. The Morgan fingerprint density at radius 3 is 2.40 bits per heavy atom. The van der Waals surface area contributed by atoms with E-state index in [1.165, 1.54) is 10.5 Å². The summed E-state index contributed by atoms with van der Waals surface area (Å²) in [6, 6.07) is 15.0. The van der Waals surface area contributed by atoms with Crippen molar-refractivity contribution in [3.63, 3.8) is 0 Å². The van der Waals surface area contributed by atoms with Crippen LogP contribution in [0.3, 0.4) is 0 Å². The number of carbonyl (C=O) groups is 1. The Balaban J connectivity index is 1.84. The van der Waals surface area contributed by atoms with Crippen molar-refractivity contribution in [2.24, 2.45) is 0 Å². The van der Waals surface area contributed by atoms with Gasteiger partial charge in [0.25, 0.3) is 5.91 Å². The lowest BCUT2D eigenvalue weighted by molar-refractivity contribution is -0.858. The molecule has 0 saturated carbocycles. The third-order valence-corrected chi connectivity index (χ3v) is 5.87. The fraction of sp³-hybridized carbons (Fsp3) is 0.360. The van der Waals surface area contributed by atoms with Crippen molar-refractivity contribution in [1.29, 1.82) is 0 Å². The maximum absolute atomic E-state index is 13.4. The Kier molecular flexibility index (Phi) is 5.48. The average Bonchev–Trinajstić information content (AvgIpc) is 3.00. The van der Waals surface area contributed by atoms with Crippen LogP contribution in [-0.2, 0) is 0 Å². The normalized spacial score (nSPS) is 16.1. The molecule has 1 aliphatic heterocycles. The number of hydrogen-bond acceptors (Lipinski definition) is 3.